The molecule has 0 bridgehead atoms. The second kappa shape index (κ2) is 33.8. The van der Waals surface area contributed by atoms with Crippen LogP contribution in [-0.2, 0) is 0 Å². The van der Waals surface area contributed by atoms with Gasteiger partial charge in [0.2, 0.25) is 0 Å². The molecule has 0 amide bonds. The fraction of sp³-hybridized carbons (Fsp3) is 0. The van der Waals surface area contributed by atoms with Gasteiger partial charge in [-0.2, -0.15) is 0 Å². The average Bonchev–Trinajstić information content (AvgIpc) is 1.61. The Bertz CT molecular complexity index is 10100. The number of furan rings is 4. The summed E-state index contributed by atoms with van der Waals surface area (Å²) in [7, 11) is 0. The number of fused-ring (bicyclic) bond motifs is 18. The van der Waals surface area contributed by atoms with E-state index in [-0.39, 0.29) is 16.7 Å². The molecule has 8 aromatic heterocycles. The molecule has 140 heavy (non-hydrogen) atoms. The number of rotatable bonds is 12. The lowest BCUT2D eigenvalue weighted by molar-refractivity contribution is 0.668. The van der Waals surface area contributed by atoms with E-state index in [0.29, 0.717) is 61.5 Å². The molecule has 0 N–H and O–H groups in total. The molecule has 0 fully saturated rings. The van der Waals surface area contributed by atoms with E-state index >= 15 is 4.79 Å². The standard InChI is InChI=1S/C44H24N2O4.C44H30N2O.C38H23N3O2/c47-44-27-23-22-25(26-13-7-19-37-40(26)28-10-1-4-16-34(28)48-37)24-32(27)45-43(31-14-8-20-38-41(31)29-11-2-5-17-35(29)49-38)46(44)33-15-9-21-39-42(33)30-12-3-6-18-36(30)50-39;47-44-41-26-25-38(36-21-10-19-34(27-36)31-13-4-1-5-14-31)30-42(41)45-43(39-23-11-20-35(28-39)32-15-6-2-7-16-32)46(44)40-24-12-22-37(29-40)33-17-8-3-9-18-33;42-38-25-14-4-7-18-29(25)39-37(28-17-10-23-34-35(28)27-16-6-9-22-33(27)43-34)41(38)32-21-11-20-31-36(32)26-15-5-8-19-30(26)40(31)24-12-2-1-3-13-24/h1-24H;1-30H;1-23H. The number of para-hydroxylation sites is 7. The first-order valence-electron chi connectivity index (χ1n) is 46.5. The van der Waals surface area contributed by atoms with Crippen LogP contribution in [0.4, 0.5) is 0 Å². The van der Waals surface area contributed by atoms with Gasteiger partial charge in [-0.3, -0.25) is 28.1 Å². The summed E-state index contributed by atoms with van der Waals surface area (Å²) in [5.41, 5.74) is 26.2. The van der Waals surface area contributed by atoms with Crippen LogP contribution in [0.2, 0.25) is 0 Å². The van der Waals surface area contributed by atoms with Crippen LogP contribution in [0, 0.1) is 0 Å². The zero-order chi connectivity index (χ0) is 93.0. The van der Waals surface area contributed by atoms with Crippen molar-refractivity contribution in [3.8, 4) is 113 Å². The number of hydrogen-bond acceptors (Lipinski definition) is 10. The Hall–Kier alpha value is -19.2. The fourth-order valence-electron chi connectivity index (χ4n) is 20.4. The lowest BCUT2D eigenvalue weighted by atomic mass is 9.98. The molecule has 0 radical (unpaired) electrons. The van der Waals surface area contributed by atoms with E-state index in [1.54, 1.807) is 13.7 Å². The largest absolute Gasteiger partial charge is 0.456 e. The van der Waals surface area contributed by atoms with E-state index in [1.807, 2.05) is 309 Å². The summed E-state index contributed by atoms with van der Waals surface area (Å²) in [6.07, 6.45) is 0. The lowest BCUT2D eigenvalue weighted by Gasteiger charge is -2.16. The van der Waals surface area contributed by atoms with E-state index in [0.717, 1.165) is 193 Å². The van der Waals surface area contributed by atoms with Gasteiger partial charge in [-0.25, -0.2) is 15.0 Å². The maximum absolute atomic E-state index is 15.0. The van der Waals surface area contributed by atoms with Gasteiger partial charge in [0.15, 0.2) is 0 Å². The van der Waals surface area contributed by atoms with Crippen molar-refractivity contribution in [2.24, 2.45) is 0 Å². The van der Waals surface area contributed by atoms with Crippen molar-refractivity contribution in [2.75, 3.05) is 0 Å². The Kier molecular flexibility index (Phi) is 19.7. The van der Waals surface area contributed by atoms with Crippen LogP contribution in [-0.4, -0.2) is 33.2 Å². The summed E-state index contributed by atoms with van der Waals surface area (Å²) in [5, 5.41) is 11.3. The van der Waals surface area contributed by atoms with E-state index in [2.05, 4.69) is 162 Å². The summed E-state index contributed by atoms with van der Waals surface area (Å²) < 4.78 is 32.6. The normalized spacial score (nSPS) is 11.7. The van der Waals surface area contributed by atoms with Crippen molar-refractivity contribution in [2.45, 2.75) is 0 Å². The molecule has 658 valence electrons. The number of hydrogen-bond donors (Lipinski definition) is 0. The predicted octanol–water partition coefficient (Wildman–Crippen LogP) is 31.2. The van der Waals surface area contributed by atoms with Crippen LogP contribution >= 0.6 is 0 Å². The first-order valence-corrected chi connectivity index (χ1v) is 46.5. The van der Waals surface area contributed by atoms with Crippen LogP contribution in [0.3, 0.4) is 0 Å². The third-order valence-corrected chi connectivity index (χ3v) is 26.8. The zero-order valence-electron chi connectivity index (χ0n) is 74.9. The number of nitrogens with zero attached hydrogens (tertiary/aromatic N) is 7. The van der Waals surface area contributed by atoms with Crippen molar-refractivity contribution in [1.82, 2.24) is 33.2 Å². The van der Waals surface area contributed by atoms with Crippen molar-refractivity contribution < 1.29 is 17.7 Å². The van der Waals surface area contributed by atoms with E-state index in [4.69, 9.17) is 32.6 Å². The molecule has 28 rings (SSSR count). The Labute approximate surface area is 798 Å². The van der Waals surface area contributed by atoms with Crippen molar-refractivity contribution >= 4 is 142 Å². The lowest BCUT2D eigenvalue weighted by Crippen LogP contribution is -2.22. The molecule has 0 aliphatic rings. The summed E-state index contributed by atoms with van der Waals surface area (Å²) in [6.45, 7) is 0. The van der Waals surface area contributed by atoms with Gasteiger partial charge >= 0.3 is 0 Å². The summed E-state index contributed by atoms with van der Waals surface area (Å²) >= 11 is 0. The summed E-state index contributed by atoms with van der Waals surface area (Å²) in [5.74, 6) is 1.69. The fourth-order valence-corrected chi connectivity index (χ4v) is 20.4. The average molecular weight is 1800 g/mol. The van der Waals surface area contributed by atoms with Gasteiger partial charge in [-0.15, -0.1) is 0 Å². The molecule has 0 saturated heterocycles. The Morgan fingerprint density at radius 2 is 0.493 bits per heavy atom. The van der Waals surface area contributed by atoms with Crippen LogP contribution in [0.5, 0.6) is 0 Å². The Balaban J connectivity index is 0.000000108. The molecule has 14 nitrogen and oxygen atoms in total. The molecule has 28 aromatic rings. The van der Waals surface area contributed by atoms with Crippen LogP contribution in [0.1, 0.15) is 0 Å². The van der Waals surface area contributed by atoms with Crippen molar-refractivity contribution in [3.05, 3.63) is 498 Å². The molecule has 0 saturated carbocycles. The highest BCUT2D eigenvalue weighted by atomic mass is 16.3. The highest BCUT2D eigenvalue weighted by molar-refractivity contribution is 6.18. The zero-order valence-corrected chi connectivity index (χ0v) is 74.9. The maximum atomic E-state index is 15.0. The molecule has 0 aliphatic heterocycles. The van der Waals surface area contributed by atoms with Gasteiger partial charge in [-0.1, -0.05) is 322 Å². The smallest absolute Gasteiger partial charge is 0.266 e. The number of benzene rings is 20. The van der Waals surface area contributed by atoms with Gasteiger partial charge in [-0.05, 0) is 201 Å². The summed E-state index contributed by atoms with van der Waals surface area (Å²) in [4.78, 5) is 60.0. The first-order chi connectivity index (χ1) is 69.2. The SMILES string of the molecule is O=c1c2ccc(-c3cccc(-c4ccccc4)c3)cc2nc(-c2cccc(-c3ccccc3)c2)n1-c1cccc(-c2ccccc2)c1.O=c1c2ccc(-c3cccc4oc5ccccc5c34)cc2nc(-c2cccc3oc4ccccc4c23)n1-c1cccc2oc3ccccc3c12.O=c1c2ccccc2nc(-c2cccc3oc4ccccc4c23)n1-c1cccc2c1c1ccccc1n2-c1ccccc1. The van der Waals surface area contributed by atoms with Crippen molar-refractivity contribution in [1.29, 1.82) is 0 Å². The molecule has 0 spiro atoms. The minimum Gasteiger partial charge on any atom is -0.456 e. The maximum Gasteiger partial charge on any atom is 0.266 e. The van der Waals surface area contributed by atoms with Gasteiger partial charge < -0.3 is 22.2 Å². The second-order valence-electron chi connectivity index (χ2n) is 35.0. The van der Waals surface area contributed by atoms with Gasteiger partial charge in [0.1, 0.15) is 62.1 Å². The Morgan fingerprint density at radius 3 is 1.04 bits per heavy atom. The quantitative estimate of drug-likeness (QED) is 0.115. The molecule has 0 atom stereocenters. The molecular weight excluding hydrogens is 1720 g/mol. The van der Waals surface area contributed by atoms with Gasteiger partial charge in [0.05, 0.1) is 66.2 Å². The van der Waals surface area contributed by atoms with Crippen LogP contribution < -0.4 is 16.7 Å². The highest BCUT2D eigenvalue weighted by Gasteiger charge is 2.28. The molecule has 8 heterocycles. The van der Waals surface area contributed by atoms with E-state index in [9.17, 15) is 9.59 Å². The predicted molar refractivity (Wildman–Crippen MR) is 569 cm³/mol. The third kappa shape index (κ3) is 13.9. The topological polar surface area (TPSA) is 162 Å². The van der Waals surface area contributed by atoms with Gasteiger partial charge in [0.25, 0.3) is 16.7 Å². The van der Waals surface area contributed by atoms with Crippen LogP contribution in [0.25, 0.3) is 255 Å². The molecule has 0 aliphatic carbocycles. The third-order valence-electron chi connectivity index (χ3n) is 26.8. The van der Waals surface area contributed by atoms with Crippen molar-refractivity contribution in [3.63, 3.8) is 0 Å². The van der Waals surface area contributed by atoms with Crippen LogP contribution in [0.15, 0.2) is 499 Å². The first kappa shape index (κ1) is 81.6. The molecule has 0 unspecified atom stereocenters. The summed E-state index contributed by atoms with van der Waals surface area (Å²) in [6, 6.07) is 156. The molecule has 14 heteroatoms. The van der Waals surface area contributed by atoms with Gasteiger partial charge in [0, 0.05) is 70.9 Å². The molecular formula is C126H77N7O7. The van der Waals surface area contributed by atoms with E-state index < -0.39 is 0 Å². The molecule has 20 aromatic carbocycles. The monoisotopic (exact) mass is 1800 g/mol. The minimum absolute atomic E-state index is 0.107. The Morgan fingerprint density at radius 1 is 0.171 bits per heavy atom. The number of aromatic nitrogens is 7. The second-order valence-corrected chi connectivity index (χ2v) is 35.0. The highest BCUT2D eigenvalue weighted by Crippen LogP contribution is 2.46. The minimum atomic E-state index is -0.175. The van der Waals surface area contributed by atoms with E-state index in [1.165, 1.54) is 0 Å².